The quantitative estimate of drug-likeness (QED) is 0.466. The molecular formula is C23H19ClF3N3O3. The highest BCUT2D eigenvalue weighted by Gasteiger charge is 2.31. The van der Waals surface area contributed by atoms with E-state index in [-0.39, 0.29) is 29.4 Å². The second-order valence-corrected chi connectivity index (χ2v) is 7.76. The molecule has 4 rings (SSSR count). The minimum absolute atomic E-state index is 0.0222. The van der Waals surface area contributed by atoms with Gasteiger partial charge in [-0.2, -0.15) is 13.2 Å². The van der Waals surface area contributed by atoms with Gasteiger partial charge in [-0.25, -0.2) is 9.59 Å². The number of ether oxygens (including phenoxy) is 1. The van der Waals surface area contributed by atoms with Crippen LogP contribution in [0.2, 0.25) is 5.02 Å². The zero-order valence-corrected chi connectivity index (χ0v) is 18.2. The number of amides is 2. The average Bonchev–Trinajstić information content (AvgIpc) is 3.01. The Bertz CT molecular complexity index is 1270. The van der Waals surface area contributed by atoms with Gasteiger partial charge in [-0.1, -0.05) is 29.8 Å². The standard InChI is InChI=1S/C23H19ClF3N3O3/c1-2-33-21(31)16-12-30(10-9-15-14-5-3-4-6-18(14)28-20(15)16)22(32)29-19-8-7-13(11-17(19)24)23(25,26)27/h3-8,11-12,28H,2,9-10H2,1H3,(H,29,32). The number of esters is 1. The highest BCUT2D eigenvalue weighted by Crippen LogP contribution is 2.35. The summed E-state index contributed by atoms with van der Waals surface area (Å²) < 4.78 is 43.8. The SMILES string of the molecule is CCOC(=O)C1=CN(C(=O)Nc2ccc(C(F)(F)F)cc2Cl)CCc2c1[nH]c1ccccc21. The molecule has 2 N–H and O–H groups in total. The van der Waals surface area contributed by atoms with Crippen LogP contribution in [-0.2, 0) is 22.1 Å². The van der Waals surface area contributed by atoms with E-state index >= 15 is 0 Å². The van der Waals surface area contributed by atoms with Crippen molar-refractivity contribution in [1.82, 2.24) is 9.88 Å². The first-order valence-corrected chi connectivity index (χ1v) is 10.5. The second kappa shape index (κ2) is 8.82. The molecular weight excluding hydrogens is 459 g/mol. The van der Waals surface area contributed by atoms with Crippen LogP contribution < -0.4 is 5.32 Å². The van der Waals surface area contributed by atoms with Crippen LogP contribution >= 0.6 is 11.6 Å². The molecule has 0 saturated carbocycles. The first-order valence-electron chi connectivity index (χ1n) is 10.1. The number of carbonyl (C=O) groups is 2. The van der Waals surface area contributed by atoms with Crippen LogP contribution in [0.4, 0.5) is 23.7 Å². The van der Waals surface area contributed by atoms with Gasteiger partial charge in [0.05, 0.1) is 34.1 Å². The number of benzene rings is 2. The lowest BCUT2D eigenvalue weighted by molar-refractivity contribution is -0.138. The summed E-state index contributed by atoms with van der Waals surface area (Å²) in [4.78, 5) is 30.2. The Kier molecular flexibility index (Phi) is 6.07. The molecule has 33 heavy (non-hydrogen) atoms. The van der Waals surface area contributed by atoms with Crippen molar-refractivity contribution in [3.8, 4) is 0 Å². The van der Waals surface area contributed by atoms with Gasteiger partial charge in [0.15, 0.2) is 0 Å². The molecule has 0 spiro atoms. The van der Waals surface area contributed by atoms with E-state index in [0.29, 0.717) is 12.1 Å². The van der Waals surface area contributed by atoms with Crippen LogP contribution in [0.15, 0.2) is 48.7 Å². The van der Waals surface area contributed by atoms with E-state index in [0.717, 1.165) is 34.7 Å². The third-order valence-corrected chi connectivity index (χ3v) is 5.58. The monoisotopic (exact) mass is 477 g/mol. The van der Waals surface area contributed by atoms with Gasteiger partial charge < -0.3 is 15.0 Å². The van der Waals surface area contributed by atoms with Crippen LogP contribution in [0.25, 0.3) is 16.5 Å². The maximum absolute atomic E-state index is 12.9. The predicted octanol–water partition coefficient (Wildman–Crippen LogP) is 5.83. The van der Waals surface area contributed by atoms with E-state index in [9.17, 15) is 22.8 Å². The molecule has 1 aromatic heterocycles. The number of hydrogen-bond acceptors (Lipinski definition) is 3. The fourth-order valence-electron chi connectivity index (χ4n) is 3.71. The van der Waals surface area contributed by atoms with Crippen LogP contribution in [0, 0.1) is 0 Å². The number of nitrogens with one attached hydrogen (secondary N) is 2. The fraction of sp³-hybridized carbons (Fsp3) is 0.217. The number of anilines is 1. The number of alkyl halides is 3. The van der Waals surface area contributed by atoms with E-state index in [1.165, 1.54) is 11.1 Å². The minimum Gasteiger partial charge on any atom is -0.462 e. The van der Waals surface area contributed by atoms with Crippen molar-refractivity contribution in [2.24, 2.45) is 0 Å². The summed E-state index contributed by atoms with van der Waals surface area (Å²) in [6.07, 6.45) is -2.73. The number of fused-ring (bicyclic) bond motifs is 3. The molecule has 2 aromatic carbocycles. The Balaban J connectivity index is 1.66. The zero-order chi connectivity index (χ0) is 23.8. The molecule has 2 amide bonds. The minimum atomic E-state index is -4.55. The van der Waals surface area contributed by atoms with Crippen LogP contribution in [-0.4, -0.2) is 35.0 Å². The van der Waals surface area contributed by atoms with Gasteiger partial charge in [-0.3, -0.25) is 4.90 Å². The lowest BCUT2D eigenvalue weighted by Gasteiger charge is -2.19. The van der Waals surface area contributed by atoms with Gasteiger partial charge in [0.1, 0.15) is 0 Å². The van der Waals surface area contributed by atoms with Crippen molar-refractivity contribution in [1.29, 1.82) is 0 Å². The molecule has 0 bridgehead atoms. The number of H-pyrrole nitrogens is 1. The van der Waals surface area contributed by atoms with Crippen molar-refractivity contribution < 1.29 is 27.5 Å². The highest BCUT2D eigenvalue weighted by atomic mass is 35.5. The van der Waals surface area contributed by atoms with Crippen molar-refractivity contribution in [2.45, 2.75) is 19.5 Å². The maximum Gasteiger partial charge on any atom is 0.416 e. The molecule has 6 nitrogen and oxygen atoms in total. The molecule has 0 radical (unpaired) electrons. The maximum atomic E-state index is 12.9. The Morgan fingerprint density at radius 1 is 1.21 bits per heavy atom. The number of aromatic nitrogens is 1. The number of urea groups is 1. The summed E-state index contributed by atoms with van der Waals surface area (Å²) in [6.45, 7) is 2.05. The van der Waals surface area contributed by atoms with Gasteiger partial charge in [-0.05, 0) is 43.2 Å². The number of rotatable bonds is 3. The zero-order valence-electron chi connectivity index (χ0n) is 17.4. The van der Waals surface area contributed by atoms with Gasteiger partial charge in [0.2, 0.25) is 0 Å². The number of halogens is 4. The van der Waals surface area contributed by atoms with Gasteiger partial charge in [-0.15, -0.1) is 0 Å². The molecule has 3 aromatic rings. The first kappa shape index (κ1) is 22.7. The Hall–Kier alpha value is -3.46. The van der Waals surface area contributed by atoms with Crippen LogP contribution in [0.3, 0.4) is 0 Å². The van der Waals surface area contributed by atoms with E-state index in [4.69, 9.17) is 16.3 Å². The van der Waals surface area contributed by atoms with Gasteiger partial charge in [0, 0.05) is 23.6 Å². The third kappa shape index (κ3) is 4.54. The summed E-state index contributed by atoms with van der Waals surface area (Å²) >= 11 is 5.96. The summed E-state index contributed by atoms with van der Waals surface area (Å²) in [5.41, 5.74) is 1.57. The normalized spacial score (nSPS) is 13.8. The molecule has 0 fully saturated rings. The van der Waals surface area contributed by atoms with E-state index < -0.39 is 23.7 Å². The average molecular weight is 478 g/mol. The summed E-state index contributed by atoms with van der Waals surface area (Å²) in [7, 11) is 0. The number of nitrogens with zero attached hydrogens (tertiary/aromatic N) is 1. The van der Waals surface area contributed by atoms with Crippen molar-refractivity contribution >= 4 is 45.8 Å². The topological polar surface area (TPSA) is 74.4 Å². The second-order valence-electron chi connectivity index (χ2n) is 7.35. The highest BCUT2D eigenvalue weighted by molar-refractivity contribution is 6.33. The predicted molar refractivity (Wildman–Crippen MR) is 119 cm³/mol. The number of aromatic amines is 1. The molecule has 172 valence electrons. The molecule has 1 aliphatic heterocycles. The van der Waals surface area contributed by atoms with E-state index in [1.54, 1.807) is 6.92 Å². The molecule has 0 saturated heterocycles. The third-order valence-electron chi connectivity index (χ3n) is 5.26. The molecule has 1 aliphatic rings. The largest absolute Gasteiger partial charge is 0.462 e. The van der Waals surface area contributed by atoms with Gasteiger partial charge >= 0.3 is 18.2 Å². The molecule has 0 aliphatic carbocycles. The molecule has 0 atom stereocenters. The summed E-state index contributed by atoms with van der Waals surface area (Å²) in [5.74, 6) is -0.599. The fourth-order valence-corrected chi connectivity index (χ4v) is 3.94. The van der Waals surface area contributed by atoms with Crippen LogP contribution in [0.5, 0.6) is 0 Å². The van der Waals surface area contributed by atoms with Crippen molar-refractivity contribution in [3.05, 3.63) is 70.5 Å². The van der Waals surface area contributed by atoms with E-state index in [1.807, 2.05) is 24.3 Å². The lowest BCUT2D eigenvalue weighted by atomic mass is 10.0. The first-order chi connectivity index (χ1) is 15.7. The summed E-state index contributed by atoms with van der Waals surface area (Å²) in [6, 6.07) is 9.60. The molecule has 2 heterocycles. The van der Waals surface area contributed by atoms with Crippen molar-refractivity contribution in [3.63, 3.8) is 0 Å². The van der Waals surface area contributed by atoms with Crippen molar-refractivity contribution in [2.75, 3.05) is 18.5 Å². The van der Waals surface area contributed by atoms with E-state index in [2.05, 4.69) is 10.3 Å². The Morgan fingerprint density at radius 3 is 2.67 bits per heavy atom. The Morgan fingerprint density at radius 2 is 1.97 bits per heavy atom. The Labute approximate surface area is 192 Å². The number of carbonyl (C=O) groups excluding carboxylic acids is 2. The summed E-state index contributed by atoms with van der Waals surface area (Å²) in [5, 5.41) is 3.19. The molecule has 10 heteroatoms. The lowest BCUT2D eigenvalue weighted by Crippen LogP contribution is -2.32. The number of hydrogen-bond donors (Lipinski definition) is 2. The smallest absolute Gasteiger partial charge is 0.416 e. The van der Waals surface area contributed by atoms with Crippen LogP contribution in [0.1, 0.15) is 23.7 Å². The molecule has 0 unspecified atom stereocenters. The number of para-hydroxylation sites is 1. The van der Waals surface area contributed by atoms with Gasteiger partial charge in [0.25, 0.3) is 0 Å².